The van der Waals surface area contributed by atoms with Crippen LogP contribution in [0.3, 0.4) is 0 Å². The molecule has 19 heavy (non-hydrogen) atoms. The molecule has 100 valence electrons. The molecule has 0 bridgehead atoms. The summed E-state index contributed by atoms with van der Waals surface area (Å²) in [5, 5.41) is 8.86. The molecule has 0 spiro atoms. The number of rotatable bonds is 5. The molecule has 1 aliphatic heterocycles. The largest absolute Gasteiger partial charge is 0.480 e. The molecule has 1 aromatic carbocycles. The van der Waals surface area contributed by atoms with Gasteiger partial charge in [-0.1, -0.05) is 24.3 Å². The molecule has 1 aliphatic rings. The highest BCUT2D eigenvalue weighted by molar-refractivity contribution is 7.99. The van der Waals surface area contributed by atoms with E-state index < -0.39 is 5.97 Å². The van der Waals surface area contributed by atoms with Gasteiger partial charge in [0.2, 0.25) is 5.91 Å². The lowest BCUT2D eigenvalue weighted by molar-refractivity contribution is -0.144. The molecular weight excluding hydrogens is 262 g/mol. The third kappa shape index (κ3) is 2.98. The number of benzene rings is 1. The average molecular weight is 277 g/mol. The van der Waals surface area contributed by atoms with Crippen LogP contribution in [-0.4, -0.2) is 40.7 Å². The van der Waals surface area contributed by atoms with Gasteiger partial charge in [0, 0.05) is 17.2 Å². The third-order valence-corrected chi connectivity index (χ3v) is 4.17. The summed E-state index contributed by atoms with van der Waals surface area (Å²) in [6.07, 6.45) is 1.55. The smallest absolute Gasteiger partial charge is 0.323 e. The zero-order chi connectivity index (χ0) is 13.8. The van der Waals surface area contributed by atoms with Crippen molar-refractivity contribution in [3.05, 3.63) is 42.5 Å². The molecule has 1 amide bonds. The quantitative estimate of drug-likeness (QED) is 0.836. The van der Waals surface area contributed by atoms with Crippen LogP contribution in [0.5, 0.6) is 0 Å². The number of thioether (sulfide) groups is 1. The third-order valence-electron chi connectivity index (χ3n) is 2.99. The van der Waals surface area contributed by atoms with Crippen molar-refractivity contribution in [2.75, 3.05) is 18.8 Å². The van der Waals surface area contributed by atoms with Crippen LogP contribution in [0, 0.1) is 0 Å². The molecule has 0 aromatic heterocycles. The second-order valence-corrected chi connectivity index (χ2v) is 5.36. The minimum Gasteiger partial charge on any atom is -0.480 e. The fourth-order valence-corrected chi connectivity index (χ4v) is 3.36. The van der Waals surface area contributed by atoms with Gasteiger partial charge in [-0.2, -0.15) is 0 Å². The van der Waals surface area contributed by atoms with Crippen LogP contribution in [0.4, 0.5) is 0 Å². The number of carboxylic acids is 1. The summed E-state index contributed by atoms with van der Waals surface area (Å²) in [4.78, 5) is 25.7. The topological polar surface area (TPSA) is 57.6 Å². The average Bonchev–Trinajstić information content (AvgIpc) is 2.80. The maximum atomic E-state index is 12.4. The highest BCUT2D eigenvalue weighted by Crippen LogP contribution is 2.40. The van der Waals surface area contributed by atoms with Crippen molar-refractivity contribution in [2.24, 2.45) is 0 Å². The fraction of sp³-hybridized carbons (Fsp3) is 0.286. The molecular formula is C14H15NO3S. The molecule has 0 fully saturated rings. The van der Waals surface area contributed by atoms with Gasteiger partial charge < -0.3 is 10.0 Å². The van der Waals surface area contributed by atoms with Crippen molar-refractivity contribution in [1.29, 1.82) is 0 Å². The molecule has 0 radical (unpaired) electrons. The summed E-state index contributed by atoms with van der Waals surface area (Å²) in [7, 11) is 0. The lowest BCUT2D eigenvalue weighted by atomic mass is 10.00. The van der Waals surface area contributed by atoms with Crippen LogP contribution < -0.4 is 0 Å². The second kappa shape index (κ2) is 5.93. The van der Waals surface area contributed by atoms with Gasteiger partial charge in [-0.15, -0.1) is 18.3 Å². The number of carbonyl (C=O) groups excluding carboxylic acids is 1. The summed E-state index contributed by atoms with van der Waals surface area (Å²) in [5.41, 5.74) is 0.997. The Labute approximate surface area is 116 Å². The van der Waals surface area contributed by atoms with Crippen LogP contribution in [0.25, 0.3) is 0 Å². The van der Waals surface area contributed by atoms with Crippen molar-refractivity contribution in [3.63, 3.8) is 0 Å². The van der Waals surface area contributed by atoms with Crippen LogP contribution >= 0.6 is 11.8 Å². The van der Waals surface area contributed by atoms with Crippen molar-refractivity contribution < 1.29 is 14.7 Å². The maximum Gasteiger partial charge on any atom is 0.323 e. The monoisotopic (exact) mass is 277 g/mol. The summed E-state index contributed by atoms with van der Waals surface area (Å²) in [6, 6.07) is 7.77. The highest BCUT2D eigenvalue weighted by atomic mass is 32.2. The molecule has 4 nitrogen and oxygen atoms in total. The SMILES string of the molecule is C=CCN(CC(=O)O)C(=O)C1CSc2ccccc21. The molecule has 1 unspecified atom stereocenters. The first-order chi connectivity index (χ1) is 9.13. The highest BCUT2D eigenvalue weighted by Gasteiger charge is 2.32. The van der Waals surface area contributed by atoms with E-state index in [-0.39, 0.29) is 24.9 Å². The van der Waals surface area contributed by atoms with Gasteiger partial charge in [-0.05, 0) is 11.6 Å². The van der Waals surface area contributed by atoms with Gasteiger partial charge in [0.15, 0.2) is 0 Å². The van der Waals surface area contributed by atoms with Gasteiger partial charge in [-0.25, -0.2) is 0 Å². The molecule has 1 atom stereocenters. The number of carboxylic acid groups (broad SMARTS) is 1. The first-order valence-corrected chi connectivity index (χ1v) is 6.95. The van der Waals surface area contributed by atoms with E-state index in [0.717, 1.165) is 10.5 Å². The van der Waals surface area contributed by atoms with Crippen LogP contribution in [0.15, 0.2) is 41.8 Å². The van der Waals surface area contributed by atoms with Gasteiger partial charge in [0.25, 0.3) is 0 Å². The number of carbonyl (C=O) groups is 2. The van der Waals surface area contributed by atoms with Gasteiger partial charge in [-0.3, -0.25) is 9.59 Å². The Kier molecular flexibility index (Phi) is 4.27. The van der Waals surface area contributed by atoms with E-state index >= 15 is 0 Å². The van der Waals surface area contributed by atoms with Crippen molar-refractivity contribution in [1.82, 2.24) is 4.90 Å². The van der Waals surface area contributed by atoms with E-state index in [2.05, 4.69) is 6.58 Å². The molecule has 5 heteroatoms. The molecule has 1 aromatic rings. The first kappa shape index (κ1) is 13.7. The number of fused-ring (bicyclic) bond motifs is 1. The van der Waals surface area contributed by atoms with Gasteiger partial charge >= 0.3 is 5.97 Å². The maximum absolute atomic E-state index is 12.4. The fourth-order valence-electron chi connectivity index (χ4n) is 2.14. The molecule has 1 N–H and O–H groups in total. The lowest BCUT2D eigenvalue weighted by Crippen LogP contribution is -2.39. The normalized spacial score (nSPS) is 16.7. The predicted octanol–water partition coefficient (Wildman–Crippen LogP) is 1.98. The minimum atomic E-state index is -1.01. The Morgan fingerprint density at radius 2 is 2.21 bits per heavy atom. The number of aliphatic carboxylic acids is 1. The molecule has 0 aliphatic carbocycles. The summed E-state index contributed by atoms with van der Waals surface area (Å²) >= 11 is 1.64. The zero-order valence-electron chi connectivity index (χ0n) is 10.4. The van der Waals surface area contributed by atoms with Crippen LogP contribution in [0.1, 0.15) is 11.5 Å². The summed E-state index contributed by atoms with van der Waals surface area (Å²) < 4.78 is 0. The molecule has 0 saturated heterocycles. The van der Waals surface area contributed by atoms with E-state index in [1.807, 2.05) is 24.3 Å². The summed E-state index contributed by atoms with van der Waals surface area (Å²) in [6.45, 7) is 3.54. The summed E-state index contributed by atoms with van der Waals surface area (Å²) in [5.74, 6) is -0.722. The Morgan fingerprint density at radius 3 is 2.89 bits per heavy atom. The van der Waals surface area contributed by atoms with Crippen LogP contribution in [0.2, 0.25) is 0 Å². The zero-order valence-corrected chi connectivity index (χ0v) is 11.2. The standard InChI is InChI=1S/C14H15NO3S/c1-2-7-15(8-13(16)17)14(18)11-9-19-12-6-4-3-5-10(11)12/h2-6,11H,1,7-9H2,(H,16,17). The predicted molar refractivity (Wildman–Crippen MR) is 74.3 cm³/mol. The van der Waals surface area contributed by atoms with Crippen LogP contribution in [-0.2, 0) is 9.59 Å². The Balaban J connectivity index is 2.19. The van der Waals surface area contributed by atoms with E-state index in [0.29, 0.717) is 5.75 Å². The minimum absolute atomic E-state index is 0.139. The Hall–Kier alpha value is -1.75. The Bertz CT molecular complexity index is 515. The number of amides is 1. The second-order valence-electron chi connectivity index (χ2n) is 4.30. The molecule has 2 rings (SSSR count). The number of nitrogens with zero attached hydrogens (tertiary/aromatic N) is 1. The van der Waals surface area contributed by atoms with Crippen molar-refractivity contribution in [2.45, 2.75) is 10.8 Å². The molecule has 1 heterocycles. The van der Waals surface area contributed by atoms with E-state index in [1.54, 1.807) is 17.8 Å². The number of hydrogen-bond donors (Lipinski definition) is 1. The van der Waals surface area contributed by atoms with E-state index in [4.69, 9.17) is 5.11 Å². The van der Waals surface area contributed by atoms with Crippen molar-refractivity contribution >= 4 is 23.6 Å². The van der Waals surface area contributed by atoms with Gasteiger partial charge in [0.05, 0.1) is 5.92 Å². The van der Waals surface area contributed by atoms with E-state index in [9.17, 15) is 9.59 Å². The van der Waals surface area contributed by atoms with Crippen molar-refractivity contribution in [3.8, 4) is 0 Å². The van der Waals surface area contributed by atoms with Gasteiger partial charge in [0.1, 0.15) is 6.54 Å². The van der Waals surface area contributed by atoms with E-state index in [1.165, 1.54) is 4.90 Å². The molecule has 0 saturated carbocycles. The Morgan fingerprint density at radius 1 is 1.47 bits per heavy atom. The number of hydrogen-bond acceptors (Lipinski definition) is 3. The first-order valence-electron chi connectivity index (χ1n) is 5.96. The lowest BCUT2D eigenvalue weighted by Gasteiger charge is -2.22.